The zero-order valence-corrected chi connectivity index (χ0v) is 21.2. The smallest absolute Gasteiger partial charge is 0.338 e. The molecule has 1 unspecified atom stereocenters. The first-order chi connectivity index (χ1) is 17.0. The van der Waals surface area contributed by atoms with E-state index in [2.05, 4.69) is 32.6 Å². The lowest BCUT2D eigenvalue weighted by molar-refractivity contribution is -0.139. The molecule has 1 saturated heterocycles. The Hall–Kier alpha value is -3.17. The summed E-state index contributed by atoms with van der Waals surface area (Å²) in [6, 6.07) is 15.1. The van der Waals surface area contributed by atoms with E-state index in [4.69, 9.17) is 9.47 Å². The van der Waals surface area contributed by atoms with Crippen LogP contribution in [-0.2, 0) is 9.53 Å². The highest BCUT2D eigenvalue weighted by Gasteiger charge is 2.34. The highest BCUT2D eigenvalue weighted by Crippen LogP contribution is 2.30. The van der Waals surface area contributed by atoms with Gasteiger partial charge in [0.15, 0.2) is 0 Å². The third-order valence-electron chi connectivity index (χ3n) is 6.29. The number of ether oxygens (including phenoxy) is 2. The Morgan fingerprint density at radius 1 is 1.06 bits per heavy atom. The van der Waals surface area contributed by atoms with Gasteiger partial charge in [0.2, 0.25) is 0 Å². The van der Waals surface area contributed by atoms with Gasteiger partial charge in [0.05, 0.1) is 25.3 Å². The molecule has 2 aliphatic rings. The second-order valence-corrected chi connectivity index (χ2v) is 9.26. The molecule has 0 aliphatic carbocycles. The van der Waals surface area contributed by atoms with Crippen LogP contribution in [0.25, 0.3) is 0 Å². The minimum Gasteiger partial charge on any atom is -0.497 e. The summed E-state index contributed by atoms with van der Waals surface area (Å²) in [5, 5.41) is 5.80. The van der Waals surface area contributed by atoms with Crippen molar-refractivity contribution in [2.24, 2.45) is 0 Å². The van der Waals surface area contributed by atoms with E-state index in [1.807, 2.05) is 42.7 Å². The van der Waals surface area contributed by atoms with E-state index in [9.17, 15) is 9.59 Å². The molecule has 1 atom stereocenters. The summed E-state index contributed by atoms with van der Waals surface area (Å²) in [6.45, 7) is 5.83. The van der Waals surface area contributed by atoms with E-state index in [0.717, 1.165) is 48.1 Å². The summed E-state index contributed by atoms with van der Waals surface area (Å²) in [4.78, 5) is 31.3. The van der Waals surface area contributed by atoms with E-state index >= 15 is 0 Å². The zero-order valence-electron chi connectivity index (χ0n) is 20.4. The Balaban J connectivity index is 1.52. The molecule has 2 amide bonds. The predicted octanol–water partition coefficient (Wildman–Crippen LogP) is 3.41. The number of piperazine rings is 1. The molecule has 8 nitrogen and oxygen atoms in total. The maximum absolute atomic E-state index is 13.0. The van der Waals surface area contributed by atoms with Gasteiger partial charge >= 0.3 is 12.0 Å². The summed E-state index contributed by atoms with van der Waals surface area (Å²) in [5.41, 5.74) is 3.06. The fraction of sp³-hybridized carbons (Fsp3) is 0.385. The van der Waals surface area contributed by atoms with E-state index in [-0.39, 0.29) is 12.6 Å². The van der Waals surface area contributed by atoms with Gasteiger partial charge in [0.25, 0.3) is 0 Å². The number of methoxy groups -OCH3 is 1. The molecule has 186 valence electrons. The van der Waals surface area contributed by atoms with Crippen molar-refractivity contribution in [3.05, 3.63) is 65.4 Å². The van der Waals surface area contributed by atoms with Crippen molar-refractivity contribution in [3.8, 4) is 5.75 Å². The maximum atomic E-state index is 13.0. The summed E-state index contributed by atoms with van der Waals surface area (Å²) >= 11 is 1.64. The second kappa shape index (κ2) is 11.5. The first-order valence-electron chi connectivity index (χ1n) is 11.7. The third kappa shape index (κ3) is 5.91. The fourth-order valence-electron chi connectivity index (χ4n) is 4.42. The molecule has 2 aromatic carbocycles. The molecule has 0 aromatic heterocycles. The van der Waals surface area contributed by atoms with Gasteiger partial charge in [-0.15, -0.1) is 11.8 Å². The van der Waals surface area contributed by atoms with Gasteiger partial charge in [0.1, 0.15) is 5.75 Å². The zero-order chi connectivity index (χ0) is 24.8. The molecule has 2 N–H and O–H groups in total. The lowest BCUT2D eigenvalue weighted by atomic mass is 9.95. The number of rotatable bonds is 8. The van der Waals surface area contributed by atoms with Crippen molar-refractivity contribution in [2.75, 3.05) is 57.6 Å². The molecule has 0 spiro atoms. The number of nitrogens with zero attached hydrogens (tertiary/aromatic N) is 2. The van der Waals surface area contributed by atoms with Crippen molar-refractivity contribution < 1.29 is 19.1 Å². The molecule has 2 aromatic rings. The average Bonchev–Trinajstić information content (AvgIpc) is 2.89. The Morgan fingerprint density at radius 2 is 1.74 bits per heavy atom. The van der Waals surface area contributed by atoms with Gasteiger partial charge in [-0.3, -0.25) is 4.90 Å². The van der Waals surface area contributed by atoms with Crippen LogP contribution in [0.2, 0.25) is 0 Å². The molecule has 0 saturated carbocycles. The molecule has 4 rings (SSSR count). The highest BCUT2D eigenvalue weighted by atomic mass is 32.2. The standard InChI is InChI=1S/C26H32N4O4S/c1-4-34-25(31)23-22(27-26(32)28-24(23)18-5-11-21(35-3)12-6-18)17-29-13-15-30(16-14-29)19-7-9-20(33-2)10-8-19/h5-12,24H,4,13-17H2,1-3H3,(H2,27,28,32). The number of hydrogen-bond donors (Lipinski definition) is 2. The van der Waals surface area contributed by atoms with Crippen molar-refractivity contribution >= 4 is 29.4 Å². The second-order valence-electron chi connectivity index (χ2n) is 8.38. The van der Waals surface area contributed by atoms with Crippen LogP contribution in [0.15, 0.2) is 64.7 Å². The van der Waals surface area contributed by atoms with Gasteiger partial charge in [-0.1, -0.05) is 12.1 Å². The van der Waals surface area contributed by atoms with E-state index in [1.165, 1.54) is 0 Å². The Kier molecular flexibility index (Phi) is 8.20. The maximum Gasteiger partial charge on any atom is 0.338 e. The summed E-state index contributed by atoms with van der Waals surface area (Å²) in [6.07, 6.45) is 2.01. The Morgan fingerprint density at radius 3 is 2.34 bits per heavy atom. The highest BCUT2D eigenvalue weighted by molar-refractivity contribution is 7.98. The van der Waals surface area contributed by atoms with Crippen molar-refractivity contribution in [2.45, 2.75) is 17.9 Å². The van der Waals surface area contributed by atoms with Crippen LogP contribution >= 0.6 is 11.8 Å². The topological polar surface area (TPSA) is 83.1 Å². The molecule has 1 fully saturated rings. The fourth-order valence-corrected chi connectivity index (χ4v) is 4.83. The third-order valence-corrected chi connectivity index (χ3v) is 7.03. The lowest BCUT2D eigenvalue weighted by Crippen LogP contribution is -2.51. The molecule has 2 heterocycles. The number of nitrogens with one attached hydrogen (secondary N) is 2. The largest absolute Gasteiger partial charge is 0.497 e. The van der Waals surface area contributed by atoms with Crippen LogP contribution < -0.4 is 20.3 Å². The van der Waals surface area contributed by atoms with Crippen LogP contribution in [-0.4, -0.2) is 69.6 Å². The van der Waals surface area contributed by atoms with Gasteiger partial charge in [-0.05, 0) is 55.1 Å². The predicted molar refractivity (Wildman–Crippen MR) is 138 cm³/mol. The number of esters is 1. The first kappa shape index (κ1) is 24.9. The van der Waals surface area contributed by atoms with E-state index < -0.39 is 12.0 Å². The van der Waals surface area contributed by atoms with Crippen LogP contribution in [0.1, 0.15) is 18.5 Å². The number of hydrogen-bond acceptors (Lipinski definition) is 7. The van der Waals surface area contributed by atoms with E-state index in [0.29, 0.717) is 17.8 Å². The van der Waals surface area contributed by atoms with Gasteiger partial charge < -0.3 is 25.0 Å². The number of carbonyl (C=O) groups excluding carboxylic acids is 2. The van der Waals surface area contributed by atoms with E-state index in [1.54, 1.807) is 25.8 Å². The number of carbonyl (C=O) groups is 2. The molecule has 9 heteroatoms. The molecule has 0 bridgehead atoms. The number of urea groups is 1. The Labute approximate surface area is 210 Å². The van der Waals surface area contributed by atoms with Crippen LogP contribution in [0, 0.1) is 0 Å². The SMILES string of the molecule is CCOC(=O)C1=C(CN2CCN(c3ccc(OC)cc3)CC2)NC(=O)NC1c1ccc(SC)cc1. The molecule has 0 radical (unpaired) electrons. The number of thioether (sulfide) groups is 1. The normalized spacial score (nSPS) is 18.7. The molecule has 2 aliphatic heterocycles. The summed E-state index contributed by atoms with van der Waals surface area (Å²) in [5.74, 6) is 0.427. The number of amides is 2. The average molecular weight is 497 g/mol. The minimum atomic E-state index is -0.561. The summed E-state index contributed by atoms with van der Waals surface area (Å²) in [7, 11) is 1.66. The van der Waals surface area contributed by atoms with Gasteiger partial charge in [0, 0.05) is 49.0 Å². The monoisotopic (exact) mass is 496 g/mol. The minimum absolute atomic E-state index is 0.266. The first-order valence-corrected chi connectivity index (χ1v) is 13.0. The van der Waals surface area contributed by atoms with Crippen LogP contribution in [0.4, 0.5) is 10.5 Å². The van der Waals surface area contributed by atoms with Crippen molar-refractivity contribution in [1.82, 2.24) is 15.5 Å². The van der Waals surface area contributed by atoms with Crippen LogP contribution in [0.5, 0.6) is 5.75 Å². The van der Waals surface area contributed by atoms with Crippen molar-refractivity contribution in [3.63, 3.8) is 0 Å². The lowest BCUT2D eigenvalue weighted by Gasteiger charge is -2.38. The number of anilines is 1. The van der Waals surface area contributed by atoms with Gasteiger partial charge in [-0.2, -0.15) is 0 Å². The Bertz CT molecular complexity index is 1060. The summed E-state index contributed by atoms with van der Waals surface area (Å²) < 4.78 is 10.7. The van der Waals surface area contributed by atoms with Gasteiger partial charge in [-0.25, -0.2) is 9.59 Å². The molecular formula is C26H32N4O4S. The number of benzene rings is 2. The van der Waals surface area contributed by atoms with Crippen molar-refractivity contribution in [1.29, 1.82) is 0 Å². The molecule has 35 heavy (non-hydrogen) atoms. The van der Waals surface area contributed by atoms with Crippen LogP contribution in [0.3, 0.4) is 0 Å². The quantitative estimate of drug-likeness (QED) is 0.428. The molecular weight excluding hydrogens is 464 g/mol.